The number of hydrogen-bond acceptors (Lipinski definition) is 2. The fourth-order valence-electron chi connectivity index (χ4n) is 2.30. The Morgan fingerprint density at radius 1 is 1.23 bits per heavy atom. The molecule has 5 nitrogen and oxygen atoms in total. The van der Waals surface area contributed by atoms with Crippen molar-refractivity contribution >= 4 is 16.8 Å². The van der Waals surface area contributed by atoms with E-state index in [2.05, 4.69) is 5.10 Å². The Balaban J connectivity index is 2.20. The number of carbonyl (C=O) groups is 1. The molecule has 114 valence electrons. The van der Waals surface area contributed by atoms with Gasteiger partial charge in [0.2, 0.25) is 5.91 Å². The number of amides is 1. The Bertz CT molecular complexity index is 876. The molecule has 1 aromatic carbocycles. The molecule has 2 heterocycles. The van der Waals surface area contributed by atoms with Crippen molar-refractivity contribution in [2.24, 2.45) is 12.8 Å². The molecule has 0 unspecified atom stereocenters. The molecule has 8 heteroatoms. The molecular formula is C14H11F3N4O. The first kappa shape index (κ1) is 14.2. The first-order valence-corrected chi connectivity index (χ1v) is 6.30. The highest BCUT2D eigenvalue weighted by molar-refractivity contribution is 5.97. The molecule has 0 radical (unpaired) electrons. The van der Waals surface area contributed by atoms with Gasteiger partial charge in [-0.2, -0.15) is 18.3 Å². The lowest BCUT2D eigenvalue weighted by Crippen LogP contribution is -2.10. The zero-order valence-corrected chi connectivity index (χ0v) is 11.4. The highest BCUT2D eigenvalue weighted by Gasteiger charge is 2.34. The van der Waals surface area contributed by atoms with Gasteiger partial charge in [-0.3, -0.25) is 9.48 Å². The molecule has 3 aromatic rings. The minimum Gasteiger partial charge on any atom is -0.366 e. The van der Waals surface area contributed by atoms with Crippen LogP contribution in [0.2, 0.25) is 0 Å². The molecule has 0 aliphatic heterocycles. The van der Waals surface area contributed by atoms with E-state index in [1.165, 1.54) is 17.7 Å². The zero-order valence-electron chi connectivity index (χ0n) is 11.4. The number of aryl methyl sites for hydroxylation is 1. The van der Waals surface area contributed by atoms with Crippen molar-refractivity contribution in [1.82, 2.24) is 14.3 Å². The van der Waals surface area contributed by atoms with Gasteiger partial charge in [-0.1, -0.05) is 6.07 Å². The van der Waals surface area contributed by atoms with E-state index >= 15 is 0 Å². The van der Waals surface area contributed by atoms with Crippen LogP contribution >= 0.6 is 0 Å². The molecule has 0 spiro atoms. The maximum absolute atomic E-state index is 12.8. The summed E-state index contributed by atoms with van der Waals surface area (Å²) in [5, 5.41) is 4.26. The fraction of sp³-hybridized carbons (Fsp3) is 0.143. The highest BCUT2D eigenvalue weighted by Crippen LogP contribution is 2.30. The molecule has 0 atom stereocenters. The van der Waals surface area contributed by atoms with Crippen molar-refractivity contribution < 1.29 is 18.0 Å². The number of primary amides is 1. The molecule has 22 heavy (non-hydrogen) atoms. The number of nitrogens with two attached hydrogens (primary N) is 1. The van der Waals surface area contributed by atoms with Gasteiger partial charge in [-0.15, -0.1) is 0 Å². The molecule has 0 bridgehead atoms. The van der Waals surface area contributed by atoms with E-state index < -0.39 is 17.8 Å². The van der Waals surface area contributed by atoms with E-state index in [0.29, 0.717) is 5.52 Å². The van der Waals surface area contributed by atoms with E-state index in [1.807, 2.05) is 0 Å². The molecule has 0 aliphatic rings. The average Bonchev–Trinajstić information content (AvgIpc) is 3.00. The SMILES string of the molecule is Cn1nc(C(F)(F)F)cc1-n1ccc2ccc(C(N)=O)cc21. The van der Waals surface area contributed by atoms with Crippen molar-refractivity contribution in [2.45, 2.75) is 6.18 Å². The maximum Gasteiger partial charge on any atom is 0.435 e. The first-order chi connectivity index (χ1) is 10.3. The predicted octanol–water partition coefficient (Wildman–Crippen LogP) is 2.48. The number of aromatic nitrogens is 3. The minimum atomic E-state index is -4.52. The van der Waals surface area contributed by atoms with Crippen LogP contribution in [0.4, 0.5) is 13.2 Å². The van der Waals surface area contributed by atoms with Crippen LogP contribution in [-0.2, 0) is 13.2 Å². The summed E-state index contributed by atoms with van der Waals surface area (Å²) in [4.78, 5) is 11.3. The number of alkyl halides is 3. The predicted molar refractivity (Wildman–Crippen MR) is 73.6 cm³/mol. The highest BCUT2D eigenvalue weighted by atomic mass is 19.4. The Labute approximate surface area is 122 Å². The first-order valence-electron chi connectivity index (χ1n) is 6.30. The Morgan fingerprint density at radius 2 is 1.95 bits per heavy atom. The van der Waals surface area contributed by atoms with E-state index in [4.69, 9.17) is 5.73 Å². The van der Waals surface area contributed by atoms with Gasteiger partial charge >= 0.3 is 6.18 Å². The zero-order chi connectivity index (χ0) is 16.1. The molecule has 1 amide bonds. The largest absolute Gasteiger partial charge is 0.435 e. The van der Waals surface area contributed by atoms with Crippen LogP contribution in [0, 0.1) is 0 Å². The maximum atomic E-state index is 12.8. The standard InChI is InChI=1S/C14H11F3N4O/c1-20-12(7-11(19-20)14(15,16)17)21-5-4-8-2-3-9(13(18)22)6-10(8)21/h2-7H,1H3,(H2,18,22). The second kappa shape index (κ2) is 4.62. The minimum absolute atomic E-state index is 0.240. The summed E-state index contributed by atoms with van der Waals surface area (Å²) in [6.45, 7) is 0. The second-order valence-corrected chi connectivity index (χ2v) is 4.83. The summed E-state index contributed by atoms with van der Waals surface area (Å²) >= 11 is 0. The third kappa shape index (κ3) is 2.22. The van der Waals surface area contributed by atoms with Gasteiger partial charge in [-0.05, 0) is 18.2 Å². The average molecular weight is 308 g/mol. The normalized spacial score (nSPS) is 12.0. The topological polar surface area (TPSA) is 65.8 Å². The van der Waals surface area contributed by atoms with E-state index in [9.17, 15) is 18.0 Å². The van der Waals surface area contributed by atoms with Crippen LogP contribution < -0.4 is 5.73 Å². The van der Waals surface area contributed by atoms with Crippen molar-refractivity contribution in [2.75, 3.05) is 0 Å². The Kier molecular flexibility index (Phi) is 2.98. The lowest BCUT2D eigenvalue weighted by atomic mass is 10.1. The third-order valence-electron chi connectivity index (χ3n) is 3.37. The Morgan fingerprint density at radius 3 is 2.55 bits per heavy atom. The summed E-state index contributed by atoms with van der Waals surface area (Å²) in [7, 11) is 1.42. The molecule has 0 saturated carbocycles. The van der Waals surface area contributed by atoms with E-state index in [0.717, 1.165) is 16.1 Å². The van der Waals surface area contributed by atoms with Crippen LogP contribution in [0.1, 0.15) is 16.1 Å². The van der Waals surface area contributed by atoms with Crippen molar-refractivity contribution in [3.63, 3.8) is 0 Å². The van der Waals surface area contributed by atoms with E-state index in [-0.39, 0.29) is 11.4 Å². The van der Waals surface area contributed by atoms with Crippen molar-refractivity contribution in [1.29, 1.82) is 0 Å². The number of halogens is 3. The van der Waals surface area contributed by atoms with Gasteiger partial charge < -0.3 is 10.3 Å². The number of nitrogens with zero attached hydrogens (tertiary/aromatic N) is 3. The van der Waals surface area contributed by atoms with Gasteiger partial charge in [-0.25, -0.2) is 0 Å². The van der Waals surface area contributed by atoms with Crippen LogP contribution in [0.25, 0.3) is 16.7 Å². The number of rotatable bonds is 2. The van der Waals surface area contributed by atoms with Gasteiger partial charge in [0.1, 0.15) is 5.82 Å². The fourth-order valence-corrected chi connectivity index (χ4v) is 2.30. The van der Waals surface area contributed by atoms with Gasteiger partial charge in [0.15, 0.2) is 5.69 Å². The van der Waals surface area contributed by atoms with Gasteiger partial charge in [0.05, 0.1) is 5.52 Å². The molecule has 0 saturated heterocycles. The lowest BCUT2D eigenvalue weighted by Gasteiger charge is -2.06. The molecule has 0 fully saturated rings. The summed E-state index contributed by atoms with van der Waals surface area (Å²) in [6.07, 6.45) is -2.90. The van der Waals surface area contributed by atoms with Gasteiger partial charge in [0, 0.05) is 30.3 Å². The molecule has 2 N–H and O–H groups in total. The van der Waals surface area contributed by atoms with E-state index in [1.54, 1.807) is 24.4 Å². The smallest absolute Gasteiger partial charge is 0.366 e. The van der Waals surface area contributed by atoms with Crippen LogP contribution in [0.5, 0.6) is 0 Å². The second-order valence-electron chi connectivity index (χ2n) is 4.83. The summed E-state index contributed by atoms with van der Waals surface area (Å²) in [5.74, 6) is -0.361. The lowest BCUT2D eigenvalue weighted by molar-refractivity contribution is -0.141. The third-order valence-corrected chi connectivity index (χ3v) is 3.37. The number of hydrogen-bond donors (Lipinski definition) is 1. The van der Waals surface area contributed by atoms with Crippen LogP contribution in [-0.4, -0.2) is 20.3 Å². The summed E-state index contributed by atoms with van der Waals surface area (Å²) < 4.78 is 41.0. The van der Waals surface area contributed by atoms with Crippen molar-refractivity contribution in [3.8, 4) is 5.82 Å². The van der Waals surface area contributed by atoms with Gasteiger partial charge in [0.25, 0.3) is 0 Å². The number of fused-ring (bicyclic) bond motifs is 1. The molecule has 2 aromatic heterocycles. The number of carbonyl (C=O) groups excluding carboxylic acids is 1. The summed E-state index contributed by atoms with van der Waals surface area (Å²) in [5.41, 5.74) is 5.12. The number of benzene rings is 1. The van der Waals surface area contributed by atoms with Crippen LogP contribution in [0.15, 0.2) is 36.5 Å². The Hall–Kier alpha value is -2.77. The molecule has 0 aliphatic carbocycles. The van der Waals surface area contributed by atoms with Crippen LogP contribution in [0.3, 0.4) is 0 Å². The van der Waals surface area contributed by atoms with Crippen molar-refractivity contribution in [3.05, 3.63) is 47.8 Å². The molecular weight excluding hydrogens is 297 g/mol. The summed E-state index contributed by atoms with van der Waals surface area (Å²) in [6, 6.07) is 7.49. The molecule has 3 rings (SSSR count). The quantitative estimate of drug-likeness (QED) is 0.790. The monoisotopic (exact) mass is 308 g/mol.